The summed E-state index contributed by atoms with van der Waals surface area (Å²) in [5.74, 6) is 2.41. The zero-order chi connectivity index (χ0) is 20.6. The van der Waals surface area contributed by atoms with Crippen LogP contribution >= 0.6 is 12.2 Å². The molecule has 156 valence electrons. The van der Waals surface area contributed by atoms with Gasteiger partial charge in [0.25, 0.3) is 0 Å². The Labute approximate surface area is 178 Å². The van der Waals surface area contributed by atoms with Gasteiger partial charge in [-0.1, -0.05) is 12.1 Å². The Morgan fingerprint density at radius 3 is 2.59 bits per heavy atom. The van der Waals surface area contributed by atoms with Gasteiger partial charge in [-0.2, -0.15) is 4.98 Å². The highest BCUT2D eigenvalue weighted by molar-refractivity contribution is 7.80. The third-order valence-corrected chi connectivity index (χ3v) is 5.15. The first-order chi connectivity index (χ1) is 14.0. The highest BCUT2D eigenvalue weighted by Gasteiger charge is 2.22. The summed E-state index contributed by atoms with van der Waals surface area (Å²) in [6, 6.07) is 10.5. The van der Waals surface area contributed by atoms with Gasteiger partial charge < -0.3 is 25.6 Å². The van der Waals surface area contributed by atoms with Gasteiger partial charge in [-0.05, 0) is 63.0 Å². The molecule has 0 amide bonds. The second kappa shape index (κ2) is 10.2. The number of ether oxygens (including phenoxy) is 1. The molecule has 0 saturated heterocycles. The highest BCUT2D eigenvalue weighted by atomic mass is 32.1. The molecule has 0 unspecified atom stereocenters. The van der Waals surface area contributed by atoms with Crippen molar-refractivity contribution >= 4 is 34.8 Å². The van der Waals surface area contributed by atoms with Crippen molar-refractivity contribution in [3.05, 3.63) is 36.5 Å². The molecule has 3 rings (SSSR count). The quantitative estimate of drug-likeness (QED) is 0.593. The first-order valence-corrected chi connectivity index (χ1v) is 10.5. The minimum absolute atomic E-state index is 0.362. The molecule has 3 N–H and O–H groups in total. The molecule has 1 aromatic heterocycles. The van der Waals surface area contributed by atoms with Gasteiger partial charge in [0.05, 0.1) is 12.3 Å². The van der Waals surface area contributed by atoms with Gasteiger partial charge in [0.2, 0.25) is 5.95 Å². The molecule has 1 aliphatic carbocycles. The van der Waals surface area contributed by atoms with Gasteiger partial charge in [0, 0.05) is 32.4 Å². The van der Waals surface area contributed by atoms with Crippen LogP contribution in [0.5, 0.6) is 5.75 Å². The molecular formula is C21H30N6OS. The lowest BCUT2D eigenvalue weighted by Crippen LogP contribution is -2.42. The van der Waals surface area contributed by atoms with E-state index in [1.54, 1.807) is 6.20 Å². The first kappa shape index (κ1) is 21.1. The third kappa shape index (κ3) is 6.19. The van der Waals surface area contributed by atoms with Gasteiger partial charge in [-0.3, -0.25) is 0 Å². The zero-order valence-electron chi connectivity index (χ0n) is 17.3. The van der Waals surface area contributed by atoms with Crippen molar-refractivity contribution in [2.75, 3.05) is 36.2 Å². The van der Waals surface area contributed by atoms with Crippen LogP contribution in [0.25, 0.3) is 0 Å². The molecule has 1 aromatic carbocycles. The van der Waals surface area contributed by atoms with E-state index in [1.165, 1.54) is 0 Å². The summed E-state index contributed by atoms with van der Waals surface area (Å²) in [5.41, 5.74) is 0.889. The van der Waals surface area contributed by atoms with Crippen LogP contribution in [0, 0.1) is 0 Å². The van der Waals surface area contributed by atoms with Crippen molar-refractivity contribution in [3.63, 3.8) is 0 Å². The molecule has 0 bridgehead atoms. The minimum Gasteiger partial charge on any atom is -0.492 e. The van der Waals surface area contributed by atoms with Crippen LogP contribution in [0.4, 0.5) is 17.5 Å². The van der Waals surface area contributed by atoms with Crippen molar-refractivity contribution in [2.24, 2.45) is 0 Å². The van der Waals surface area contributed by atoms with E-state index < -0.39 is 0 Å². The van der Waals surface area contributed by atoms with E-state index in [9.17, 15) is 0 Å². The Morgan fingerprint density at radius 1 is 1.14 bits per heavy atom. The Bertz CT molecular complexity index is 807. The predicted molar refractivity (Wildman–Crippen MR) is 123 cm³/mol. The van der Waals surface area contributed by atoms with Crippen LogP contribution in [-0.4, -0.2) is 47.9 Å². The summed E-state index contributed by atoms with van der Waals surface area (Å²) in [6.45, 7) is 2.60. The molecule has 1 heterocycles. The summed E-state index contributed by atoms with van der Waals surface area (Å²) in [4.78, 5) is 10.9. The normalized spacial score (nSPS) is 18.6. The summed E-state index contributed by atoms with van der Waals surface area (Å²) in [7, 11) is 3.96. The molecule has 1 saturated carbocycles. The molecule has 0 aliphatic heterocycles. The molecule has 1 fully saturated rings. The number of aromatic nitrogens is 2. The van der Waals surface area contributed by atoms with Gasteiger partial charge in [-0.25, -0.2) is 4.98 Å². The van der Waals surface area contributed by atoms with Crippen LogP contribution in [0.3, 0.4) is 0 Å². The third-order valence-electron chi connectivity index (χ3n) is 4.93. The van der Waals surface area contributed by atoms with E-state index in [0.29, 0.717) is 29.8 Å². The highest BCUT2D eigenvalue weighted by Crippen LogP contribution is 2.25. The summed E-state index contributed by atoms with van der Waals surface area (Å²) < 4.78 is 5.65. The van der Waals surface area contributed by atoms with Crippen LogP contribution < -0.4 is 25.6 Å². The van der Waals surface area contributed by atoms with E-state index in [1.807, 2.05) is 56.3 Å². The van der Waals surface area contributed by atoms with Crippen molar-refractivity contribution in [3.8, 4) is 5.75 Å². The zero-order valence-corrected chi connectivity index (χ0v) is 18.1. The molecule has 8 heteroatoms. The predicted octanol–water partition coefficient (Wildman–Crippen LogP) is 3.65. The van der Waals surface area contributed by atoms with Crippen LogP contribution in [0.15, 0.2) is 36.5 Å². The number of nitrogens with one attached hydrogen (secondary N) is 3. The Balaban J connectivity index is 1.46. The maximum absolute atomic E-state index is 5.65. The minimum atomic E-state index is 0.362. The summed E-state index contributed by atoms with van der Waals surface area (Å²) >= 11 is 5.52. The number of para-hydroxylation sites is 2. The van der Waals surface area contributed by atoms with E-state index in [0.717, 1.165) is 42.9 Å². The second-order valence-electron chi connectivity index (χ2n) is 7.35. The van der Waals surface area contributed by atoms with Gasteiger partial charge in [0.15, 0.2) is 5.11 Å². The Kier molecular flexibility index (Phi) is 7.46. The van der Waals surface area contributed by atoms with E-state index in [2.05, 4.69) is 25.9 Å². The average molecular weight is 415 g/mol. The van der Waals surface area contributed by atoms with E-state index >= 15 is 0 Å². The van der Waals surface area contributed by atoms with Crippen molar-refractivity contribution in [2.45, 2.75) is 44.7 Å². The fourth-order valence-corrected chi connectivity index (χ4v) is 3.70. The summed E-state index contributed by atoms with van der Waals surface area (Å²) in [6.07, 6.45) is 5.97. The number of thiocarbonyl (C=S) groups is 1. The topological polar surface area (TPSA) is 74.3 Å². The maximum atomic E-state index is 5.65. The fourth-order valence-electron chi connectivity index (χ4n) is 3.43. The van der Waals surface area contributed by atoms with Gasteiger partial charge >= 0.3 is 0 Å². The molecule has 0 spiro atoms. The van der Waals surface area contributed by atoms with Crippen molar-refractivity contribution in [1.29, 1.82) is 0 Å². The molecule has 0 atom stereocenters. The van der Waals surface area contributed by atoms with E-state index in [4.69, 9.17) is 17.0 Å². The van der Waals surface area contributed by atoms with Gasteiger partial charge in [-0.15, -0.1) is 0 Å². The lowest BCUT2D eigenvalue weighted by atomic mass is 9.91. The SMILES string of the molecule is CCOc1ccccc1NC(=S)NC1CCC(Nc2nccc(N(C)C)n2)CC1. The van der Waals surface area contributed by atoms with Crippen LogP contribution in [-0.2, 0) is 0 Å². The number of rotatable bonds is 7. The van der Waals surface area contributed by atoms with E-state index in [-0.39, 0.29) is 0 Å². The standard InChI is InChI=1S/C21H30N6OS/c1-4-28-18-8-6-5-7-17(18)25-21(29)24-16-11-9-15(10-12-16)23-20-22-14-13-19(26-20)27(2)3/h5-8,13-16H,4,9-12H2,1-3H3,(H,22,23,26)(H2,24,25,29). The Hall–Kier alpha value is -2.61. The number of hydrogen-bond donors (Lipinski definition) is 3. The summed E-state index contributed by atoms with van der Waals surface area (Å²) in [5, 5.41) is 10.8. The van der Waals surface area contributed by atoms with Crippen molar-refractivity contribution < 1.29 is 4.74 Å². The number of nitrogens with zero attached hydrogens (tertiary/aromatic N) is 3. The smallest absolute Gasteiger partial charge is 0.224 e. The van der Waals surface area contributed by atoms with Gasteiger partial charge in [0.1, 0.15) is 11.6 Å². The monoisotopic (exact) mass is 414 g/mol. The number of anilines is 3. The second-order valence-corrected chi connectivity index (χ2v) is 7.76. The Morgan fingerprint density at radius 2 is 1.86 bits per heavy atom. The molecule has 7 nitrogen and oxygen atoms in total. The molecule has 0 radical (unpaired) electrons. The first-order valence-electron chi connectivity index (χ1n) is 10.1. The molecule has 1 aliphatic rings. The number of hydrogen-bond acceptors (Lipinski definition) is 6. The molecular weight excluding hydrogens is 384 g/mol. The average Bonchev–Trinajstić information content (AvgIpc) is 2.71. The lowest BCUT2D eigenvalue weighted by molar-refractivity contribution is 0.342. The van der Waals surface area contributed by atoms with Crippen LogP contribution in [0.1, 0.15) is 32.6 Å². The van der Waals surface area contributed by atoms with Crippen LogP contribution in [0.2, 0.25) is 0 Å². The molecule has 29 heavy (non-hydrogen) atoms. The van der Waals surface area contributed by atoms with Crippen molar-refractivity contribution in [1.82, 2.24) is 15.3 Å². The lowest BCUT2D eigenvalue weighted by Gasteiger charge is -2.30. The maximum Gasteiger partial charge on any atom is 0.224 e. The molecule has 2 aromatic rings. The fraction of sp³-hybridized carbons (Fsp3) is 0.476. The largest absolute Gasteiger partial charge is 0.492 e. The number of benzene rings is 1.